The van der Waals surface area contributed by atoms with E-state index in [1.54, 1.807) is 31.3 Å². The van der Waals surface area contributed by atoms with Gasteiger partial charge in [-0.25, -0.2) is 4.98 Å². The van der Waals surface area contributed by atoms with Gasteiger partial charge in [-0.1, -0.05) is 42.3 Å². The van der Waals surface area contributed by atoms with Gasteiger partial charge in [0.2, 0.25) is 5.91 Å². The summed E-state index contributed by atoms with van der Waals surface area (Å²) >= 11 is 0. The van der Waals surface area contributed by atoms with Crippen molar-refractivity contribution in [3.63, 3.8) is 0 Å². The van der Waals surface area contributed by atoms with Crippen LogP contribution >= 0.6 is 0 Å². The molecule has 1 atom stereocenters. The van der Waals surface area contributed by atoms with Crippen molar-refractivity contribution in [1.82, 2.24) is 10.3 Å². The fourth-order valence-electron chi connectivity index (χ4n) is 1.99. The molecule has 0 fully saturated rings. The Kier molecular flexibility index (Phi) is 5.29. The monoisotopic (exact) mass is 294 g/mol. The topological polar surface area (TPSA) is 62.2 Å². The van der Waals surface area contributed by atoms with Gasteiger partial charge in [-0.3, -0.25) is 4.79 Å². The molecule has 0 aliphatic rings. The molecule has 0 aliphatic carbocycles. The van der Waals surface area contributed by atoms with Crippen LogP contribution in [0.4, 0.5) is 0 Å². The van der Waals surface area contributed by atoms with E-state index in [-0.39, 0.29) is 18.9 Å². The molecule has 1 aromatic carbocycles. The van der Waals surface area contributed by atoms with Gasteiger partial charge in [0.05, 0.1) is 18.6 Å². The first-order valence-electron chi connectivity index (χ1n) is 7.02. The highest BCUT2D eigenvalue weighted by Crippen LogP contribution is 2.23. The SMILES string of the molecule is C[C@@](O)(CC(=O)NCC#Cc1ccccn1)c1ccccc1. The van der Waals surface area contributed by atoms with Crippen molar-refractivity contribution < 1.29 is 9.90 Å². The summed E-state index contributed by atoms with van der Waals surface area (Å²) in [6.07, 6.45) is 1.65. The molecule has 4 nitrogen and oxygen atoms in total. The molecule has 1 heterocycles. The number of aliphatic hydroxyl groups is 1. The Hall–Kier alpha value is -2.64. The summed E-state index contributed by atoms with van der Waals surface area (Å²) in [6.45, 7) is 1.85. The van der Waals surface area contributed by atoms with Crippen molar-refractivity contribution in [3.05, 3.63) is 66.0 Å². The van der Waals surface area contributed by atoms with Crippen LogP contribution < -0.4 is 5.32 Å². The molecule has 0 unspecified atom stereocenters. The molecule has 0 radical (unpaired) electrons. The lowest BCUT2D eigenvalue weighted by atomic mass is 9.92. The summed E-state index contributed by atoms with van der Waals surface area (Å²) in [5, 5.41) is 13.1. The molecule has 0 spiro atoms. The van der Waals surface area contributed by atoms with Crippen LogP contribution in [0.25, 0.3) is 0 Å². The summed E-state index contributed by atoms with van der Waals surface area (Å²) in [7, 11) is 0. The molecule has 112 valence electrons. The number of hydrogen-bond donors (Lipinski definition) is 2. The minimum atomic E-state index is -1.19. The molecule has 2 aromatic rings. The molecule has 2 N–H and O–H groups in total. The molecule has 2 rings (SSSR count). The van der Waals surface area contributed by atoms with Gasteiger partial charge in [0.1, 0.15) is 5.69 Å². The van der Waals surface area contributed by atoms with E-state index >= 15 is 0 Å². The van der Waals surface area contributed by atoms with Gasteiger partial charge in [-0.05, 0) is 30.5 Å². The second-order valence-electron chi connectivity index (χ2n) is 5.11. The standard InChI is InChI=1S/C18H18N2O2/c1-18(22,15-8-3-2-4-9-15)14-17(21)20-13-7-11-16-10-5-6-12-19-16/h2-6,8-10,12,22H,13-14H2,1H3,(H,20,21)/t18-/m1/s1. The van der Waals surface area contributed by atoms with Crippen LogP contribution in [0, 0.1) is 11.8 Å². The Morgan fingerprint density at radius 1 is 1.23 bits per heavy atom. The Bertz CT molecular complexity index is 670. The summed E-state index contributed by atoms with van der Waals surface area (Å²) in [5.41, 5.74) is 0.178. The number of rotatable bonds is 4. The molecule has 1 amide bonds. The van der Waals surface area contributed by atoms with Gasteiger partial charge in [-0.2, -0.15) is 0 Å². The number of benzene rings is 1. The molecular formula is C18H18N2O2. The summed E-state index contributed by atoms with van der Waals surface area (Å²) in [4.78, 5) is 16.0. The third-order valence-corrected chi connectivity index (χ3v) is 3.16. The van der Waals surface area contributed by atoms with Crippen molar-refractivity contribution in [3.8, 4) is 11.8 Å². The smallest absolute Gasteiger partial charge is 0.223 e. The lowest BCUT2D eigenvalue weighted by Crippen LogP contribution is -2.32. The maximum atomic E-state index is 11.9. The lowest BCUT2D eigenvalue weighted by Gasteiger charge is -2.22. The van der Waals surface area contributed by atoms with Crippen molar-refractivity contribution in [2.24, 2.45) is 0 Å². The molecular weight excluding hydrogens is 276 g/mol. The zero-order valence-electron chi connectivity index (χ0n) is 12.4. The number of aromatic nitrogens is 1. The number of carbonyl (C=O) groups is 1. The zero-order chi connectivity index (χ0) is 15.8. The van der Waals surface area contributed by atoms with E-state index in [0.29, 0.717) is 11.3 Å². The summed E-state index contributed by atoms with van der Waals surface area (Å²) in [6, 6.07) is 14.6. The Morgan fingerprint density at radius 3 is 2.64 bits per heavy atom. The zero-order valence-corrected chi connectivity index (χ0v) is 12.4. The molecule has 1 aromatic heterocycles. The highest BCUT2D eigenvalue weighted by atomic mass is 16.3. The van der Waals surface area contributed by atoms with Gasteiger partial charge >= 0.3 is 0 Å². The van der Waals surface area contributed by atoms with E-state index in [4.69, 9.17) is 0 Å². The van der Waals surface area contributed by atoms with E-state index in [9.17, 15) is 9.90 Å². The Morgan fingerprint density at radius 2 is 1.95 bits per heavy atom. The number of pyridine rings is 1. The number of hydrogen-bond acceptors (Lipinski definition) is 3. The normalized spacial score (nSPS) is 12.6. The first-order valence-corrected chi connectivity index (χ1v) is 7.02. The molecule has 0 saturated heterocycles. The second-order valence-corrected chi connectivity index (χ2v) is 5.11. The Balaban J connectivity index is 1.85. The maximum absolute atomic E-state index is 11.9. The van der Waals surface area contributed by atoms with Crippen LogP contribution in [0.1, 0.15) is 24.6 Å². The second kappa shape index (κ2) is 7.39. The van der Waals surface area contributed by atoms with Gasteiger partial charge in [-0.15, -0.1) is 0 Å². The molecule has 0 bridgehead atoms. The number of nitrogens with zero attached hydrogens (tertiary/aromatic N) is 1. The predicted octanol–water partition coefficient (Wildman–Crippen LogP) is 1.85. The fraction of sp³-hybridized carbons (Fsp3) is 0.222. The largest absolute Gasteiger partial charge is 0.385 e. The van der Waals surface area contributed by atoms with E-state index < -0.39 is 5.60 Å². The minimum absolute atomic E-state index is 0.0116. The van der Waals surface area contributed by atoms with Crippen molar-refractivity contribution >= 4 is 5.91 Å². The van der Waals surface area contributed by atoms with Crippen molar-refractivity contribution in [2.75, 3.05) is 6.54 Å². The maximum Gasteiger partial charge on any atom is 0.223 e. The van der Waals surface area contributed by atoms with Crippen molar-refractivity contribution in [1.29, 1.82) is 0 Å². The van der Waals surface area contributed by atoms with Crippen LogP contribution in [-0.2, 0) is 10.4 Å². The van der Waals surface area contributed by atoms with Crippen LogP contribution in [-0.4, -0.2) is 22.5 Å². The first kappa shape index (κ1) is 15.7. The summed E-state index contributed by atoms with van der Waals surface area (Å²) in [5.74, 6) is 5.44. The quantitative estimate of drug-likeness (QED) is 0.846. The Labute approximate surface area is 130 Å². The van der Waals surface area contributed by atoms with Crippen molar-refractivity contribution in [2.45, 2.75) is 18.9 Å². The molecule has 0 aliphatic heterocycles. The van der Waals surface area contributed by atoms with Gasteiger partial charge in [0, 0.05) is 6.20 Å². The average molecular weight is 294 g/mol. The van der Waals surface area contributed by atoms with E-state index in [0.717, 1.165) is 0 Å². The lowest BCUT2D eigenvalue weighted by molar-refractivity contribution is -0.125. The number of amides is 1. The van der Waals surface area contributed by atoms with Crippen LogP contribution in [0.5, 0.6) is 0 Å². The fourth-order valence-corrected chi connectivity index (χ4v) is 1.99. The molecule has 22 heavy (non-hydrogen) atoms. The predicted molar refractivity (Wildman–Crippen MR) is 84.8 cm³/mol. The van der Waals surface area contributed by atoms with Gasteiger partial charge in [0.15, 0.2) is 0 Å². The highest BCUT2D eigenvalue weighted by molar-refractivity contribution is 5.77. The number of nitrogens with one attached hydrogen (secondary N) is 1. The molecule has 4 heteroatoms. The number of carbonyl (C=O) groups excluding carboxylic acids is 1. The van der Waals surface area contributed by atoms with E-state index in [1.807, 2.05) is 30.3 Å². The van der Waals surface area contributed by atoms with Crippen LogP contribution in [0.2, 0.25) is 0 Å². The van der Waals surface area contributed by atoms with Crippen LogP contribution in [0.15, 0.2) is 54.7 Å². The van der Waals surface area contributed by atoms with Gasteiger partial charge < -0.3 is 10.4 Å². The molecule has 0 saturated carbocycles. The third-order valence-electron chi connectivity index (χ3n) is 3.16. The van der Waals surface area contributed by atoms with Crippen LogP contribution in [0.3, 0.4) is 0 Å². The first-order chi connectivity index (χ1) is 10.6. The van der Waals surface area contributed by atoms with Gasteiger partial charge in [0.25, 0.3) is 0 Å². The summed E-state index contributed by atoms with van der Waals surface area (Å²) < 4.78 is 0. The average Bonchev–Trinajstić information content (AvgIpc) is 2.53. The third kappa shape index (κ3) is 4.72. The van der Waals surface area contributed by atoms with E-state index in [1.165, 1.54) is 0 Å². The van der Waals surface area contributed by atoms with E-state index in [2.05, 4.69) is 22.1 Å². The minimum Gasteiger partial charge on any atom is -0.385 e. The highest BCUT2D eigenvalue weighted by Gasteiger charge is 2.25.